The number of aliphatic hydroxyl groups is 1. The van der Waals surface area contributed by atoms with Crippen molar-refractivity contribution < 1.29 is 28.8 Å². The molecule has 186 valence electrons. The van der Waals surface area contributed by atoms with Crippen LogP contribution in [0.2, 0.25) is 0 Å². The zero-order chi connectivity index (χ0) is 24.5. The van der Waals surface area contributed by atoms with Gasteiger partial charge in [-0.3, -0.25) is 4.90 Å². The van der Waals surface area contributed by atoms with Crippen molar-refractivity contribution in [3.63, 3.8) is 0 Å². The molecule has 0 bridgehead atoms. The van der Waals surface area contributed by atoms with Crippen molar-refractivity contribution in [3.05, 3.63) is 53.6 Å². The SMILES string of the molecule is COc1cc(C(=O)OCCCN2CCN(C(C)C(O)c3ccccc3)CC2)cc(OC)c1OC. The molecule has 1 heterocycles. The van der Waals surface area contributed by atoms with E-state index >= 15 is 0 Å². The molecule has 2 aromatic carbocycles. The van der Waals surface area contributed by atoms with Crippen molar-refractivity contribution in [2.45, 2.75) is 25.5 Å². The Bertz CT molecular complexity index is 890. The van der Waals surface area contributed by atoms with Crippen LogP contribution in [0.3, 0.4) is 0 Å². The predicted octanol–water partition coefficient (Wildman–Crippen LogP) is 3.00. The zero-order valence-electron chi connectivity index (χ0n) is 20.5. The van der Waals surface area contributed by atoms with Gasteiger partial charge in [0.25, 0.3) is 0 Å². The number of rotatable bonds is 11. The molecule has 1 aliphatic heterocycles. The summed E-state index contributed by atoms with van der Waals surface area (Å²) in [4.78, 5) is 17.2. The third kappa shape index (κ3) is 6.40. The lowest BCUT2D eigenvalue weighted by Gasteiger charge is -2.39. The highest BCUT2D eigenvalue weighted by Crippen LogP contribution is 2.38. The molecule has 8 heteroatoms. The van der Waals surface area contributed by atoms with Gasteiger partial charge in [0.05, 0.1) is 39.6 Å². The van der Waals surface area contributed by atoms with Gasteiger partial charge in [-0.15, -0.1) is 0 Å². The summed E-state index contributed by atoms with van der Waals surface area (Å²) < 4.78 is 21.4. The molecule has 1 fully saturated rings. The summed E-state index contributed by atoms with van der Waals surface area (Å²) >= 11 is 0. The first kappa shape index (κ1) is 25.8. The van der Waals surface area contributed by atoms with E-state index in [1.165, 1.54) is 21.3 Å². The highest BCUT2D eigenvalue weighted by atomic mass is 16.5. The summed E-state index contributed by atoms with van der Waals surface area (Å²) in [6, 6.07) is 13.1. The van der Waals surface area contributed by atoms with Crippen LogP contribution in [0, 0.1) is 0 Å². The van der Waals surface area contributed by atoms with E-state index in [-0.39, 0.29) is 6.04 Å². The van der Waals surface area contributed by atoms with E-state index in [9.17, 15) is 9.90 Å². The van der Waals surface area contributed by atoms with Gasteiger partial charge in [0.2, 0.25) is 5.75 Å². The Morgan fingerprint density at radius 1 is 0.971 bits per heavy atom. The minimum Gasteiger partial charge on any atom is -0.493 e. The van der Waals surface area contributed by atoms with E-state index in [0.29, 0.717) is 29.4 Å². The van der Waals surface area contributed by atoms with E-state index in [2.05, 4.69) is 16.7 Å². The number of benzene rings is 2. The Kier molecular flexibility index (Phi) is 9.56. The number of hydrogen-bond acceptors (Lipinski definition) is 8. The number of nitrogens with zero attached hydrogens (tertiary/aromatic N) is 2. The molecule has 0 amide bonds. The number of methoxy groups -OCH3 is 3. The third-order valence-corrected chi connectivity index (χ3v) is 6.33. The second-order valence-electron chi connectivity index (χ2n) is 8.38. The van der Waals surface area contributed by atoms with Crippen LogP contribution in [0.1, 0.15) is 35.4 Å². The largest absolute Gasteiger partial charge is 0.493 e. The molecule has 0 aliphatic carbocycles. The zero-order valence-corrected chi connectivity index (χ0v) is 20.5. The summed E-state index contributed by atoms with van der Waals surface area (Å²) in [6.45, 7) is 6.91. The minimum atomic E-state index is -0.498. The molecule has 0 radical (unpaired) electrons. The lowest BCUT2D eigenvalue weighted by Crippen LogP contribution is -2.51. The van der Waals surface area contributed by atoms with Crippen LogP contribution in [0.4, 0.5) is 0 Å². The maximum atomic E-state index is 12.5. The molecule has 3 rings (SSSR count). The number of piperazine rings is 1. The molecule has 1 aliphatic rings. The molecular weight excluding hydrogens is 436 g/mol. The molecule has 2 unspecified atom stereocenters. The molecule has 2 atom stereocenters. The Balaban J connectivity index is 1.41. The molecule has 8 nitrogen and oxygen atoms in total. The second-order valence-corrected chi connectivity index (χ2v) is 8.38. The second kappa shape index (κ2) is 12.6. The van der Waals surface area contributed by atoms with Crippen molar-refractivity contribution in [1.29, 1.82) is 0 Å². The number of carbonyl (C=O) groups is 1. The van der Waals surface area contributed by atoms with Crippen LogP contribution in [-0.4, -0.2) is 87.6 Å². The quantitative estimate of drug-likeness (QED) is 0.395. The van der Waals surface area contributed by atoms with Gasteiger partial charge in [-0.05, 0) is 31.0 Å². The number of esters is 1. The summed E-state index contributed by atoms with van der Waals surface area (Å²) in [7, 11) is 4.54. The Morgan fingerprint density at radius 2 is 1.59 bits per heavy atom. The maximum Gasteiger partial charge on any atom is 0.338 e. The Morgan fingerprint density at radius 3 is 2.15 bits per heavy atom. The first-order valence-electron chi connectivity index (χ1n) is 11.6. The standard InChI is InChI=1S/C26H36N2O6/c1-19(24(29)20-9-6-5-7-10-20)28-14-12-27(13-15-28)11-8-16-34-26(30)21-17-22(31-2)25(33-4)23(18-21)32-3/h5-7,9-10,17-19,24,29H,8,11-16H2,1-4H3. The van der Waals surface area contributed by atoms with Crippen LogP contribution >= 0.6 is 0 Å². The smallest absolute Gasteiger partial charge is 0.338 e. The molecule has 1 N–H and O–H groups in total. The van der Waals surface area contributed by atoms with E-state index in [1.807, 2.05) is 30.3 Å². The van der Waals surface area contributed by atoms with E-state index in [1.54, 1.807) is 12.1 Å². The first-order valence-corrected chi connectivity index (χ1v) is 11.6. The highest BCUT2D eigenvalue weighted by Gasteiger charge is 2.26. The monoisotopic (exact) mass is 472 g/mol. The number of ether oxygens (including phenoxy) is 4. The maximum absolute atomic E-state index is 12.5. The fraction of sp³-hybridized carbons (Fsp3) is 0.500. The van der Waals surface area contributed by atoms with Crippen LogP contribution in [0.25, 0.3) is 0 Å². The Hall–Kier alpha value is -2.81. The van der Waals surface area contributed by atoms with Crippen LogP contribution in [0.15, 0.2) is 42.5 Å². The molecule has 0 saturated carbocycles. The van der Waals surface area contributed by atoms with Crippen molar-refractivity contribution >= 4 is 5.97 Å². The van der Waals surface area contributed by atoms with Gasteiger partial charge in [0.1, 0.15) is 0 Å². The first-order chi connectivity index (χ1) is 16.5. The molecular formula is C26H36N2O6. The molecule has 34 heavy (non-hydrogen) atoms. The topological polar surface area (TPSA) is 80.7 Å². The van der Waals surface area contributed by atoms with Gasteiger partial charge in [-0.25, -0.2) is 4.79 Å². The molecule has 0 spiro atoms. The van der Waals surface area contributed by atoms with Gasteiger partial charge in [-0.1, -0.05) is 30.3 Å². The van der Waals surface area contributed by atoms with Crippen molar-refractivity contribution in [2.24, 2.45) is 0 Å². The van der Waals surface area contributed by atoms with E-state index in [4.69, 9.17) is 18.9 Å². The Labute approximate surface area is 202 Å². The summed E-state index contributed by atoms with van der Waals surface area (Å²) in [5.41, 5.74) is 1.31. The van der Waals surface area contributed by atoms with Gasteiger partial charge < -0.3 is 29.0 Å². The van der Waals surface area contributed by atoms with Crippen molar-refractivity contribution in [3.8, 4) is 17.2 Å². The van der Waals surface area contributed by atoms with E-state index in [0.717, 1.165) is 44.7 Å². The molecule has 2 aromatic rings. The van der Waals surface area contributed by atoms with Gasteiger partial charge >= 0.3 is 5.97 Å². The van der Waals surface area contributed by atoms with Gasteiger partial charge in [0, 0.05) is 38.8 Å². The fourth-order valence-corrected chi connectivity index (χ4v) is 4.26. The number of aliphatic hydroxyl groups excluding tert-OH is 1. The lowest BCUT2D eigenvalue weighted by atomic mass is 10.0. The highest BCUT2D eigenvalue weighted by molar-refractivity contribution is 5.91. The average molecular weight is 473 g/mol. The van der Waals surface area contributed by atoms with Crippen LogP contribution in [-0.2, 0) is 4.74 Å². The normalized spacial score (nSPS) is 16.5. The van der Waals surface area contributed by atoms with Crippen LogP contribution in [0.5, 0.6) is 17.2 Å². The average Bonchev–Trinajstić information content (AvgIpc) is 2.89. The predicted molar refractivity (Wildman–Crippen MR) is 130 cm³/mol. The molecule has 1 saturated heterocycles. The van der Waals surface area contributed by atoms with Crippen LogP contribution < -0.4 is 14.2 Å². The van der Waals surface area contributed by atoms with Crippen molar-refractivity contribution in [1.82, 2.24) is 9.80 Å². The van der Waals surface area contributed by atoms with Gasteiger partial charge in [0.15, 0.2) is 11.5 Å². The molecule has 0 aromatic heterocycles. The lowest BCUT2D eigenvalue weighted by molar-refractivity contribution is 0.0235. The number of carbonyl (C=O) groups excluding carboxylic acids is 1. The third-order valence-electron chi connectivity index (χ3n) is 6.33. The van der Waals surface area contributed by atoms with E-state index < -0.39 is 12.1 Å². The summed E-state index contributed by atoms with van der Waals surface area (Å²) in [6.07, 6.45) is 0.251. The van der Waals surface area contributed by atoms with Gasteiger partial charge in [-0.2, -0.15) is 0 Å². The fourth-order valence-electron chi connectivity index (χ4n) is 4.26. The van der Waals surface area contributed by atoms with Crippen molar-refractivity contribution in [2.75, 3.05) is 60.7 Å². The number of hydrogen-bond donors (Lipinski definition) is 1. The summed E-state index contributed by atoms with van der Waals surface area (Å²) in [5.74, 6) is 0.843. The summed E-state index contributed by atoms with van der Waals surface area (Å²) in [5, 5.41) is 10.7. The minimum absolute atomic E-state index is 0.0592.